The summed E-state index contributed by atoms with van der Waals surface area (Å²) in [5, 5.41) is 3.37. The van der Waals surface area contributed by atoms with Crippen LogP contribution in [0.25, 0.3) is 0 Å². The average Bonchev–Trinajstić information content (AvgIpc) is 2.79. The Morgan fingerprint density at radius 2 is 2.19 bits per heavy atom. The lowest BCUT2D eigenvalue weighted by molar-refractivity contribution is 0.428. The number of furan rings is 1. The van der Waals surface area contributed by atoms with Gasteiger partial charge >= 0.3 is 0 Å². The van der Waals surface area contributed by atoms with Gasteiger partial charge in [0.2, 0.25) is 0 Å². The number of hydrogen-bond acceptors (Lipinski definition) is 3. The minimum Gasteiger partial charge on any atom is -0.468 e. The van der Waals surface area contributed by atoms with Gasteiger partial charge in [0.1, 0.15) is 5.76 Å². The highest BCUT2D eigenvalue weighted by atomic mass is 16.3. The first-order valence-electron chi connectivity index (χ1n) is 5.45. The van der Waals surface area contributed by atoms with Gasteiger partial charge in [-0.3, -0.25) is 4.98 Å². The topological polar surface area (TPSA) is 38.1 Å². The van der Waals surface area contributed by atoms with Crippen molar-refractivity contribution in [3.05, 3.63) is 53.7 Å². The molecule has 0 saturated carbocycles. The normalized spacial score (nSPS) is 12.6. The van der Waals surface area contributed by atoms with E-state index in [4.69, 9.17) is 4.42 Å². The standard InChI is InChI=1S/C13H16N2O/c1-10-5-3-6-12(15-10)9-14-11(2)13-7-4-8-16-13/h3-8,11,14H,9H2,1-2H3/t11-/m0/s1. The van der Waals surface area contributed by atoms with Gasteiger partial charge in [-0.05, 0) is 38.1 Å². The van der Waals surface area contributed by atoms with Crippen LogP contribution in [0.3, 0.4) is 0 Å². The van der Waals surface area contributed by atoms with Crippen LogP contribution in [0.5, 0.6) is 0 Å². The van der Waals surface area contributed by atoms with Gasteiger partial charge < -0.3 is 9.73 Å². The second-order valence-electron chi connectivity index (χ2n) is 3.89. The van der Waals surface area contributed by atoms with Crippen molar-refractivity contribution in [1.29, 1.82) is 0 Å². The van der Waals surface area contributed by atoms with E-state index < -0.39 is 0 Å². The molecule has 0 saturated heterocycles. The van der Waals surface area contributed by atoms with Gasteiger partial charge in [-0.15, -0.1) is 0 Å². The molecule has 0 fully saturated rings. The van der Waals surface area contributed by atoms with Crippen LogP contribution >= 0.6 is 0 Å². The number of nitrogens with zero attached hydrogens (tertiary/aromatic N) is 1. The molecule has 0 aliphatic rings. The first-order chi connectivity index (χ1) is 7.75. The van der Waals surface area contributed by atoms with E-state index in [1.165, 1.54) is 0 Å². The highest BCUT2D eigenvalue weighted by Gasteiger charge is 2.07. The van der Waals surface area contributed by atoms with Gasteiger partial charge in [-0.1, -0.05) is 6.07 Å². The molecule has 2 rings (SSSR count). The molecule has 0 radical (unpaired) electrons. The van der Waals surface area contributed by atoms with E-state index in [0.717, 1.165) is 23.7 Å². The van der Waals surface area contributed by atoms with Gasteiger partial charge in [0, 0.05) is 12.2 Å². The van der Waals surface area contributed by atoms with Crippen LogP contribution in [-0.2, 0) is 6.54 Å². The lowest BCUT2D eigenvalue weighted by Gasteiger charge is -2.10. The molecule has 0 spiro atoms. The predicted octanol–water partition coefficient (Wildman–Crippen LogP) is 2.83. The summed E-state index contributed by atoms with van der Waals surface area (Å²) in [6, 6.07) is 10.1. The Kier molecular flexibility index (Phi) is 3.37. The summed E-state index contributed by atoms with van der Waals surface area (Å²) in [6.45, 7) is 4.83. The van der Waals surface area contributed by atoms with Gasteiger partial charge in [0.25, 0.3) is 0 Å². The van der Waals surface area contributed by atoms with Crippen molar-refractivity contribution in [3.63, 3.8) is 0 Å². The molecule has 2 aromatic rings. The van der Waals surface area contributed by atoms with E-state index in [9.17, 15) is 0 Å². The summed E-state index contributed by atoms with van der Waals surface area (Å²) in [5.41, 5.74) is 2.10. The zero-order chi connectivity index (χ0) is 11.4. The molecule has 1 N–H and O–H groups in total. The third-order valence-electron chi connectivity index (χ3n) is 2.51. The third kappa shape index (κ3) is 2.70. The van der Waals surface area contributed by atoms with E-state index in [0.29, 0.717) is 0 Å². The Balaban J connectivity index is 1.92. The van der Waals surface area contributed by atoms with Crippen molar-refractivity contribution in [1.82, 2.24) is 10.3 Å². The van der Waals surface area contributed by atoms with Gasteiger partial charge in [0.15, 0.2) is 0 Å². The van der Waals surface area contributed by atoms with Crippen molar-refractivity contribution in [2.24, 2.45) is 0 Å². The Morgan fingerprint density at radius 1 is 1.31 bits per heavy atom. The molecule has 3 nitrogen and oxygen atoms in total. The molecule has 0 bridgehead atoms. The maximum atomic E-state index is 5.32. The number of nitrogens with one attached hydrogen (secondary N) is 1. The molecule has 0 unspecified atom stereocenters. The monoisotopic (exact) mass is 216 g/mol. The highest BCUT2D eigenvalue weighted by Crippen LogP contribution is 2.12. The Morgan fingerprint density at radius 3 is 2.88 bits per heavy atom. The maximum Gasteiger partial charge on any atom is 0.120 e. The second-order valence-corrected chi connectivity index (χ2v) is 3.89. The summed E-state index contributed by atoms with van der Waals surface area (Å²) in [6.07, 6.45) is 1.69. The minimum atomic E-state index is 0.206. The molecule has 3 heteroatoms. The molecule has 16 heavy (non-hydrogen) atoms. The van der Waals surface area contributed by atoms with Crippen molar-refractivity contribution >= 4 is 0 Å². The van der Waals surface area contributed by atoms with E-state index in [1.54, 1.807) is 6.26 Å². The van der Waals surface area contributed by atoms with E-state index in [-0.39, 0.29) is 6.04 Å². The molecular formula is C13H16N2O. The fraction of sp³-hybridized carbons (Fsp3) is 0.308. The molecule has 0 aliphatic heterocycles. The van der Waals surface area contributed by atoms with E-state index >= 15 is 0 Å². The summed E-state index contributed by atoms with van der Waals surface area (Å²) >= 11 is 0. The molecule has 2 aromatic heterocycles. The zero-order valence-corrected chi connectivity index (χ0v) is 9.60. The molecule has 1 atom stereocenters. The number of aryl methyl sites for hydroxylation is 1. The number of pyridine rings is 1. The first kappa shape index (κ1) is 10.9. The fourth-order valence-electron chi connectivity index (χ4n) is 1.59. The predicted molar refractivity (Wildman–Crippen MR) is 62.9 cm³/mol. The van der Waals surface area contributed by atoms with Crippen LogP contribution in [-0.4, -0.2) is 4.98 Å². The fourth-order valence-corrected chi connectivity index (χ4v) is 1.59. The van der Waals surface area contributed by atoms with Crippen LogP contribution < -0.4 is 5.32 Å². The van der Waals surface area contributed by atoms with Crippen molar-refractivity contribution in [2.75, 3.05) is 0 Å². The van der Waals surface area contributed by atoms with E-state index in [2.05, 4.69) is 17.2 Å². The van der Waals surface area contributed by atoms with Crippen molar-refractivity contribution in [3.8, 4) is 0 Å². The van der Waals surface area contributed by atoms with Crippen LogP contribution in [0.1, 0.15) is 30.1 Å². The maximum absolute atomic E-state index is 5.32. The van der Waals surface area contributed by atoms with Crippen LogP contribution in [0.4, 0.5) is 0 Å². The lowest BCUT2D eigenvalue weighted by Crippen LogP contribution is -2.18. The van der Waals surface area contributed by atoms with Crippen LogP contribution in [0, 0.1) is 6.92 Å². The Hall–Kier alpha value is -1.61. The quantitative estimate of drug-likeness (QED) is 0.854. The lowest BCUT2D eigenvalue weighted by atomic mass is 10.2. The Bertz CT molecular complexity index is 437. The van der Waals surface area contributed by atoms with Gasteiger partial charge in [0.05, 0.1) is 18.0 Å². The summed E-state index contributed by atoms with van der Waals surface area (Å²) in [7, 11) is 0. The van der Waals surface area contributed by atoms with Gasteiger partial charge in [-0.25, -0.2) is 0 Å². The molecular weight excluding hydrogens is 200 g/mol. The van der Waals surface area contributed by atoms with Crippen molar-refractivity contribution < 1.29 is 4.42 Å². The van der Waals surface area contributed by atoms with Gasteiger partial charge in [-0.2, -0.15) is 0 Å². The average molecular weight is 216 g/mol. The van der Waals surface area contributed by atoms with Crippen LogP contribution in [0.15, 0.2) is 41.0 Å². The van der Waals surface area contributed by atoms with E-state index in [1.807, 2.05) is 37.3 Å². The molecule has 0 aliphatic carbocycles. The first-order valence-corrected chi connectivity index (χ1v) is 5.45. The molecule has 0 amide bonds. The SMILES string of the molecule is Cc1cccc(CN[C@@H](C)c2ccco2)n1. The smallest absolute Gasteiger partial charge is 0.120 e. The summed E-state index contributed by atoms with van der Waals surface area (Å²) < 4.78 is 5.32. The second kappa shape index (κ2) is 4.94. The highest BCUT2D eigenvalue weighted by molar-refractivity contribution is 5.10. The Labute approximate surface area is 95.5 Å². The molecule has 0 aromatic carbocycles. The molecule has 84 valence electrons. The zero-order valence-electron chi connectivity index (χ0n) is 9.60. The number of hydrogen-bond donors (Lipinski definition) is 1. The number of rotatable bonds is 4. The minimum absolute atomic E-state index is 0.206. The summed E-state index contributed by atoms with van der Waals surface area (Å²) in [4.78, 5) is 4.43. The molecule has 2 heterocycles. The van der Waals surface area contributed by atoms with Crippen molar-refractivity contribution in [2.45, 2.75) is 26.4 Å². The largest absolute Gasteiger partial charge is 0.468 e. The van der Waals surface area contributed by atoms with Crippen LogP contribution in [0.2, 0.25) is 0 Å². The number of aromatic nitrogens is 1. The summed E-state index contributed by atoms with van der Waals surface area (Å²) in [5.74, 6) is 0.952. The third-order valence-corrected chi connectivity index (χ3v) is 2.51.